The van der Waals surface area contributed by atoms with Gasteiger partial charge in [-0.3, -0.25) is 28.2 Å². The monoisotopic (exact) mass is 842 g/mol. The molecule has 0 saturated heterocycles. The number of hydrogen-bond acceptors (Lipinski definition) is 16. The second-order valence-corrected chi connectivity index (χ2v) is 16.9. The Kier molecular flexibility index (Phi) is 10.3. The van der Waals surface area contributed by atoms with Gasteiger partial charge in [0.1, 0.15) is 42.0 Å². The first-order chi connectivity index (χ1) is 26.1. The van der Waals surface area contributed by atoms with Crippen molar-refractivity contribution in [3.8, 4) is 11.5 Å². The van der Waals surface area contributed by atoms with Crippen LogP contribution >= 0.6 is 0 Å². The highest BCUT2D eigenvalue weighted by Crippen LogP contribution is 2.40. The van der Waals surface area contributed by atoms with Crippen molar-refractivity contribution < 1.29 is 62.1 Å². The molecule has 6 N–H and O–H groups in total. The quantitative estimate of drug-likeness (QED) is 0.0509. The summed E-state index contributed by atoms with van der Waals surface area (Å²) in [6, 6.07) is 13.2. The highest BCUT2D eigenvalue weighted by atomic mass is 32.2. The minimum absolute atomic E-state index is 0.122. The Hall–Kier alpha value is -6.12. The Morgan fingerprint density at radius 3 is 1.16 bits per heavy atom. The molecule has 0 fully saturated rings. The van der Waals surface area contributed by atoms with Crippen molar-refractivity contribution in [2.45, 2.75) is 19.6 Å². The zero-order chi connectivity index (χ0) is 40.8. The fourth-order valence-electron chi connectivity index (χ4n) is 5.24. The first kappa shape index (κ1) is 39.6. The molecule has 4 aromatic carbocycles. The fourth-order valence-corrected chi connectivity index (χ4v) is 8.06. The van der Waals surface area contributed by atoms with Crippen LogP contribution in [0.4, 0.5) is 22.7 Å². The first-order valence-corrected chi connectivity index (χ1v) is 20.8. The molecule has 0 aliphatic carbocycles. The van der Waals surface area contributed by atoms with E-state index in [0.29, 0.717) is 0 Å². The zero-order valence-corrected chi connectivity index (χ0v) is 30.8. The summed E-state index contributed by atoms with van der Waals surface area (Å²) in [6.07, 6.45) is 4.60. The zero-order valence-electron chi connectivity index (χ0n) is 27.5. The topological polar surface area (TPSA) is 333 Å². The molecule has 6 rings (SSSR count). The average Bonchev–Trinajstić information content (AvgIpc) is 3.12. The van der Waals surface area contributed by atoms with E-state index < -0.39 is 82.9 Å². The van der Waals surface area contributed by atoms with Crippen LogP contribution in [-0.2, 0) is 40.5 Å². The van der Waals surface area contributed by atoms with Gasteiger partial charge in [0, 0.05) is 23.2 Å². The van der Waals surface area contributed by atoms with E-state index in [0.717, 1.165) is 48.6 Å². The molecule has 288 valence electrons. The number of benzene rings is 4. The van der Waals surface area contributed by atoms with Crippen LogP contribution < -0.4 is 0 Å². The molecule has 0 unspecified atom stereocenters. The Labute approximate surface area is 315 Å². The highest BCUT2D eigenvalue weighted by molar-refractivity contribution is 7.86. The molecule has 56 heavy (non-hydrogen) atoms. The molecule has 0 aliphatic heterocycles. The molecule has 2 aromatic heterocycles. The number of fused-ring (bicyclic) bond motifs is 2. The number of aromatic hydroxyl groups is 2. The molecule has 0 amide bonds. The molecule has 24 heteroatoms. The Bertz CT molecular complexity index is 2960. The Balaban J connectivity index is 1.35. The smallest absolute Gasteiger partial charge is 0.295 e. The van der Waals surface area contributed by atoms with Gasteiger partial charge in [0.25, 0.3) is 40.5 Å². The molecule has 0 saturated carbocycles. The van der Waals surface area contributed by atoms with Crippen LogP contribution in [0.2, 0.25) is 0 Å². The molecule has 20 nitrogen and oxygen atoms in total. The molecular formula is C32H22N6O14S4. The van der Waals surface area contributed by atoms with Crippen LogP contribution in [-0.4, -0.2) is 72.1 Å². The number of azo groups is 2. The van der Waals surface area contributed by atoms with Gasteiger partial charge in [-0.15, -0.1) is 10.2 Å². The SMILES string of the molecule is O=S(=O)(O)c1cc(N=Nc2cc(S(=O)(=O)O)c3cccnc3c2O)ccc1/C=C\c1ccc(N=Nc2cc(S(=O)(=O)O)c3cccnc3c2O)cc1S(=O)(=O)O. The van der Waals surface area contributed by atoms with Crippen LogP contribution in [0.5, 0.6) is 11.5 Å². The number of rotatable bonds is 10. The van der Waals surface area contributed by atoms with Crippen molar-refractivity contribution >= 4 is 97.2 Å². The van der Waals surface area contributed by atoms with E-state index >= 15 is 0 Å². The van der Waals surface area contributed by atoms with E-state index in [4.69, 9.17) is 0 Å². The molecule has 0 atom stereocenters. The maximum atomic E-state index is 12.4. The van der Waals surface area contributed by atoms with E-state index in [2.05, 4.69) is 30.4 Å². The molecule has 0 aliphatic rings. The third kappa shape index (κ3) is 8.26. The summed E-state index contributed by atoms with van der Waals surface area (Å²) in [7, 11) is -19.7. The van der Waals surface area contributed by atoms with Crippen LogP contribution in [0, 0.1) is 0 Å². The van der Waals surface area contributed by atoms with Crippen LogP contribution in [0.3, 0.4) is 0 Å². The average molecular weight is 843 g/mol. The third-order valence-electron chi connectivity index (χ3n) is 7.71. The lowest BCUT2D eigenvalue weighted by molar-refractivity contribution is 0.476. The Morgan fingerprint density at radius 1 is 0.464 bits per heavy atom. The summed E-state index contributed by atoms with van der Waals surface area (Å²) in [6.45, 7) is 0. The van der Waals surface area contributed by atoms with Crippen molar-refractivity contribution in [2.24, 2.45) is 20.5 Å². The molecule has 2 heterocycles. The summed E-state index contributed by atoms with van der Waals surface area (Å²) in [5.41, 5.74) is -2.37. The van der Waals surface area contributed by atoms with Crippen molar-refractivity contribution in [2.75, 3.05) is 0 Å². The number of aromatic nitrogens is 2. The van der Waals surface area contributed by atoms with Gasteiger partial charge in [-0.1, -0.05) is 24.3 Å². The maximum Gasteiger partial charge on any atom is 0.295 e. The first-order valence-electron chi connectivity index (χ1n) is 15.0. The number of hydrogen-bond donors (Lipinski definition) is 6. The fraction of sp³-hybridized carbons (Fsp3) is 0. The van der Waals surface area contributed by atoms with Gasteiger partial charge in [0.05, 0.1) is 11.4 Å². The summed E-state index contributed by atoms with van der Waals surface area (Å²) >= 11 is 0. The Morgan fingerprint density at radius 2 is 0.821 bits per heavy atom. The van der Waals surface area contributed by atoms with Gasteiger partial charge >= 0.3 is 0 Å². The van der Waals surface area contributed by atoms with E-state index in [9.17, 15) is 62.1 Å². The molecule has 0 bridgehead atoms. The molecule has 0 spiro atoms. The minimum Gasteiger partial charge on any atom is -0.504 e. The predicted molar refractivity (Wildman–Crippen MR) is 196 cm³/mol. The standard InChI is InChI=1S/C32H22N6O14S4/c39-31-23(15-27(55(47,48)49)21-3-1-11-33-29(21)31)37-35-19-9-7-17(25(13-19)53(41,42)43)5-6-18-8-10-20(14-26(18)54(44,45)46)36-38-24-16-28(56(50,51)52)22-4-2-12-34-30(22)32(24)40/h1-16,39-40H,(H,41,42,43)(H,44,45,46)(H,47,48,49)(H,50,51,52)/b6-5-,37-35?,38-36?. The van der Waals surface area contributed by atoms with E-state index in [-0.39, 0.29) is 44.3 Å². The summed E-state index contributed by atoms with van der Waals surface area (Å²) in [5, 5.41) is 36.1. The van der Waals surface area contributed by atoms with Gasteiger partial charge in [-0.05, 0) is 71.8 Å². The third-order valence-corrected chi connectivity index (χ3v) is 11.3. The largest absolute Gasteiger partial charge is 0.504 e. The normalized spacial score (nSPS) is 13.1. The lowest BCUT2D eigenvalue weighted by atomic mass is 10.1. The van der Waals surface area contributed by atoms with Crippen molar-refractivity contribution in [1.29, 1.82) is 0 Å². The molecule has 0 radical (unpaired) electrons. The van der Waals surface area contributed by atoms with Crippen LogP contribution in [0.1, 0.15) is 11.1 Å². The molecule has 6 aromatic rings. The summed E-state index contributed by atoms with van der Waals surface area (Å²) in [4.78, 5) is 4.97. The number of phenols is 2. The van der Waals surface area contributed by atoms with Gasteiger partial charge < -0.3 is 10.2 Å². The van der Waals surface area contributed by atoms with Gasteiger partial charge in [-0.25, -0.2) is 0 Å². The van der Waals surface area contributed by atoms with Crippen molar-refractivity contribution in [1.82, 2.24) is 9.97 Å². The summed E-state index contributed by atoms with van der Waals surface area (Å²) in [5.74, 6) is -1.24. The maximum absolute atomic E-state index is 12.4. The number of phenolic OH excluding ortho intramolecular Hbond substituents is 2. The van der Waals surface area contributed by atoms with Crippen LogP contribution in [0.15, 0.2) is 125 Å². The van der Waals surface area contributed by atoms with Crippen molar-refractivity contribution in [3.63, 3.8) is 0 Å². The second-order valence-electron chi connectivity index (χ2n) is 11.4. The second kappa shape index (κ2) is 14.5. The number of nitrogens with zero attached hydrogens (tertiary/aromatic N) is 6. The lowest BCUT2D eigenvalue weighted by Gasteiger charge is -2.08. The highest BCUT2D eigenvalue weighted by Gasteiger charge is 2.23. The van der Waals surface area contributed by atoms with Gasteiger partial charge in [-0.2, -0.15) is 43.9 Å². The van der Waals surface area contributed by atoms with E-state index in [1.165, 1.54) is 48.8 Å². The predicted octanol–water partition coefficient (Wildman–Crippen LogP) is 6.18. The molecular weight excluding hydrogens is 821 g/mol. The van der Waals surface area contributed by atoms with Crippen molar-refractivity contribution in [3.05, 3.63) is 96.3 Å². The van der Waals surface area contributed by atoms with E-state index in [1.54, 1.807) is 0 Å². The minimum atomic E-state index is -5.01. The van der Waals surface area contributed by atoms with Crippen LogP contribution in [0.25, 0.3) is 34.0 Å². The summed E-state index contributed by atoms with van der Waals surface area (Å²) < 4.78 is 137. The number of pyridine rings is 2. The van der Waals surface area contributed by atoms with Gasteiger partial charge in [0.15, 0.2) is 11.5 Å². The van der Waals surface area contributed by atoms with Gasteiger partial charge in [0.2, 0.25) is 0 Å². The van der Waals surface area contributed by atoms with E-state index in [1.807, 2.05) is 0 Å². The lowest BCUT2D eigenvalue weighted by Crippen LogP contribution is -2.01.